The van der Waals surface area contributed by atoms with Gasteiger partial charge in [0.25, 0.3) is 0 Å². The summed E-state index contributed by atoms with van der Waals surface area (Å²) in [7, 11) is 0. The maximum atomic E-state index is 12.1. The molecule has 2 aliphatic rings. The Morgan fingerprint density at radius 2 is 1.90 bits per heavy atom. The van der Waals surface area contributed by atoms with E-state index in [1.54, 1.807) is 0 Å². The fourth-order valence-electron chi connectivity index (χ4n) is 3.19. The van der Waals surface area contributed by atoms with Crippen molar-refractivity contribution in [3.8, 4) is 0 Å². The van der Waals surface area contributed by atoms with Gasteiger partial charge in [-0.3, -0.25) is 9.69 Å². The molecule has 0 bridgehead atoms. The lowest BCUT2D eigenvalue weighted by molar-refractivity contribution is -0.117. The lowest BCUT2D eigenvalue weighted by atomic mass is 10.1. The summed E-state index contributed by atoms with van der Waals surface area (Å²) in [6.45, 7) is 4.05. The van der Waals surface area contributed by atoms with Crippen LogP contribution in [0, 0.1) is 0 Å². The normalized spacial score (nSPS) is 24.4. The Morgan fingerprint density at radius 1 is 1.15 bits per heavy atom. The van der Waals surface area contributed by atoms with E-state index in [1.807, 2.05) is 11.0 Å². The Kier molecular flexibility index (Phi) is 4.32. The van der Waals surface area contributed by atoms with Crippen molar-refractivity contribution in [2.24, 2.45) is 0 Å². The molecule has 0 aliphatic carbocycles. The number of nitrogens with zero attached hydrogens (tertiary/aromatic N) is 2. The first kappa shape index (κ1) is 14.0. The summed E-state index contributed by atoms with van der Waals surface area (Å²) in [4.78, 5) is 16.5. The number of amides is 1. The van der Waals surface area contributed by atoms with Crippen LogP contribution in [0.15, 0.2) is 24.3 Å². The van der Waals surface area contributed by atoms with Crippen LogP contribution in [0.1, 0.15) is 31.2 Å². The maximum Gasteiger partial charge on any atom is 0.228 e. The standard InChI is InChI=1S/C16H22N2OS/c19-16-10-14(20)12-18(16)15-7-3-2-6-13(15)11-17-8-4-1-5-9-17/h2-3,6-7,14,20H,1,4-5,8-12H2. The van der Waals surface area contributed by atoms with Crippen LogP contribution in [0.5, 0.6) is 0 Å². The number of carbonyl (C=O) groups excluding carboxylic acids is 1. The van der Waals surface area contributed by atoms with Crippen molar-refractivity contribution in [3.05, 3.63) is 29.8 Å². The lowest BCUT2D eigenvalue weighted by Gasteiger charge is -2.28. The van der Waals surface area contributed by atoms with Crippen LogP contribution in [-0.4, -0.2) is 35.7 Å². The fourth-order valence-corrected chi connectivity index (χ4v) is 3.51. The molecule has 0 spiro atoms. The van der Waals surface area contributed by atoms with E-state index in [9.17, 15) is 4.79 Å². The molecule has 1 unspecified atom stereocenters. The summed E-state index contributed by atoms with van der Waals surface area (Å²) in [6, 6.07) is 8.32. The molecule has 1 aromatic carbocycles. The number of para-hydroxylation sites is 1. The van der Waals surface area contributed by atoms with Gasteiger partial charge in [-0.1, -0.05) is 24.6 Å². The number of hydrogen-bond donors (Lipinski definition) is 1. The third-order valence-corrected chi connectivity index (χ3v) is 4.58. The molecule has 0 saturated carbocycles. The number of hydrogen-bond acceptors (Lipinski definition) is 3. The first-order valence-electron chi connectivity index (χ1n) is 7.53. The van der Waals surface area contributed by atoms with Gasteiger partial charge in [-0.15, -0.1) is 0 Å². The highest BCUT2D eigenvalue weighted by Crippen LogP contribution is 2.28. The van der Waals surface area contributed by atoms with Crippen LogP contribution in [0.3, 0.4) is 0 Å². The summed E-state index contributed by atoms with van der Waals surface area (Å²) in [5.74, 6) is 0.205. The SMILES string of the molecule is O=C1CC(S)CN1c1ccccc1CN1CCCCC1. The summed E-state index contributed by atoms with van der Waals surface area (Å²) in [5.41, 5.74) is 2.35. The molecule has 0 radical (unpaired) electrons. The summed E-state index contributed by atoms with van der Waals surface area (Å²) >= 11 is 4.45. The minimum absolute atomic E-state index is 0.172. The molecular weight excluding hydrogens is 268 g/mol. The zero-order chi connectivity index (χ0) is 13.9. The van der Waals surface area contributed by atoms with Gasteiger partial charge in [0.2, 0.25) is 5.91 Å². The zero-order valence-corrected chi connectivity index (χ0v) is 12.7. The molecule has 2 fully saturated rings. The Morgan fingerprint density at radius 3 is 2.60 bits per heavy atom. The highest BCUT2D eigenvalue weighted by atomic mass is 32.1. The molecule has 20 heavy (non-hydrogen) atoms. The Labute approximate surface area is 126 Å². The summed E-state index contributed by atoms with van der Waals surface area (Å²) in [6.07, 6.45) is 4.50. The number of carbonyl (C=O) groups is 1. The maximum absolute atomic E-state index is 12.1. The first-order chi connectivity index (χ1) is 9.74. The predicted molar refractivity (Wildman–Crippen MR) is 85.3 cm³/mol. The average Bonchev–Trinajstić information content (AvgIpc) is 2.79. The topological polar surface area (TPSA) is 23.6 Å². The number of benzene rings is 1. The Hall–Kier alpha value is -1.00. The van der Waals surface area contributed by atoms with Crippen molar-refractivity contribution in [2.45, 2.75) is 37.5 Å². The number of rotatable bonds is 3. The molecule has 0 aromatic heterocycles. The van der Waals surface area contributed by atoms with Crippen LogP contribution in [-0.2, 0) is 11.3 Å². The second kappa shape index (κ2) is 6.19. The van der Waals surface area contributed by atoms with Crippen molar-refractivity contribution in [1.29, 1.82) is 0 Å². The minimum Gasteiger partial charge on any atom is -0.311 e. The predicted octanol–water partition coefficient (Wildman–Crippen LogP) is 2.71. The quantitative estimate of drug-likeness (QED) is 0.865. The van der Waals surface area contributed by atoms with Gasteiger partial charge in [-0.2, -0.15) is 12.6 Å². The van der Waals surface area contributed by atoms with E-state index in [0.29, 0.717) is 6.42 Å². The molecule has 0 N–H and O–H groups in total. The Bertz CT molecular complexity index is 485. The largest absolute Gasteiger partial charge is 0.311 e. The fraction of sp³-hybridized carbons (Fsp3) is 0.562. The smallest absolute Gasteiger partial charge is 0.228 e. The average molecular weight is 290 g/mol. The van der Waals surface area contributed by atoms with Crippen LogP contribution < -0.4 is 4.90 Å². The van der Waals surface area contributed by atoms with Crippen molar-refractivity contribution >= 4 is 24.2 Å². The molecule has 1 atom stereocenters. The van der Waals surface area contributed by atoms with E-state index in [4.69, 9.17) is 0 Å². The molecule has 1 amide bonds. The third kappa shape index (κ3) is 3.01. The lowest BCUT2D eigenvalue weighted by Crippen LogP contribution is -2.31. The highest BCUT2D eigenvalue weighted by Gasteiger charge is 2.29. The van der Waals surface area contributed by atoms with Crippen molar-refractivity contribution in [2.75, 3.05) is 24.5 Å². The van der Waals surface area contributed by atoms with E-state index in [1.165, 1.54) is 37.9 Å². The van der Waals surface area contributed by atoms with E-state index >= 15 is 0 Å². The monoisotopic (exact) mass is 290 g/mol. The number of thiol groups is 1. The molecular formula is C16H22N2OS. The number of likely N-dealkylation sites (tertiary alicyclic amines) is 1. The zero-order valence-electron chi connectivity index (χ0n) is 11.8. The van der Waals surface area contributed by atoms with Gasteiger partial charge in [-0.05, 0) is 37.6 Å². The van der Waals surface area contributed by atoms with Crippen LogP contribution in [0.2, 0.25) is 0 Å². The van der Waals surface area contributed by atoms with Crippen molar-refractivity contribution < 1.29 is 4.79 Å². The van der Waals surface area contributed by atoms with E-state index in [0.717, 1.165) is 18.8 Å². The van der Waals surface area contributed by atoms with Crippen LogP contribution in [0.4, 0.5) is 5.69 Å². The van der Waals surface area contributed by atoms with E-state index in [-0.39, 0.29) is 11.2 Å². The van der Waals surface area contributed by atoms with Gasteiger partial charge >= 0.3 is 0 Å². The molecule has 3 rings (SSSR count). The van der Waals surface area contributed by atoms with Gasteiger partial charge in [0.1, 0.15) is 0 Å². The van der Waals surface area contributed by atoms with Crippen molar-refractivity contribution in [3.63, 3.8) is 0 Å². The summed E-state index contributed by atoms with van der Waals surface area (Å²) < 4.78 is 0. The Balaban J connectivity index is 1.79. The van der Waals surface area contributed by atoms with Crippen LogP contribution in [0.25, 0.3) is 0 Å². The second-order valence-electron chi connectivity index (χ2n) is 5.83. The third-order valence-electron chi connectivity index (χ3n) is 4.23. The van der Waals surface area contributed by atoms with Gasteiger partial charge in [0.05, 0.1) is 0 Å². The molecule has 2 saturated heterocycles. The first-order valence-corrected chi connectivity index (χ1v) is 8.04. The molecule has 1 aromatic rings. The second-order valence-corrected chi connectivity index (χ2v) is 6.56. The molecule has 2 aliphatic heterocycles. The van der Waals surface area contributed by atoms with Crippen LogP contribution >= 0.6 is 12.6 Å². The van der Waals surface area contributed by atoms with Gasteiger partial charge in [0.15, 0.2) is 0 Å². The number of anilines is 1. The van der Waals surface area contributed by atoms with Crippen molar-refractivity contribution in [1.82, 2.24) is 4.90 Å². The van der Waals surface area contributed by atoms with E-state index in [2.05, 4.69) is 35.7 Å². The molecule has 2 heterocycles. The molecule has 108 valence electrons. The number of piperidine rings is 1. The van der Waals surface area contributed by atoms with Gasteiger partial charge in [-0.25, -0.2) is 0 Å². The molecule has 3 nitrogen and oxygen atoms in total. The van der Waals surface area contributed by atoms with Gasteiger partial charge < -0.3 is 4.90 Å². The van der Waals surface area contributed by atoms with Gasteiger partial charge in [0, 0.05) is 30.4 Å². The minimum atomic E-state index is 0.172. The highest BCUT2D eigenvalue weighted by molar-refractivity contribution is 7.81. The van der Waals surface area contributed by atoms with E-state index < -0.39 is 0 Å². The molecule has 4 heteroatoms. The summed E-state index contributed by atoms with van der Waals surface area (Å²) in [5, 5.41) is 0.172.